The zero-order valence-electron chi connectivity index (χ0n) is 21.8. The van der Waals surface area contributed by atoms with Gasteiger partial charge in [0.05, 0.1) is 7.11 Å². The van der Waals surface area contributed by atoms with E-state index >= 15 is 0 Å². The molecular weight excluding hydrogens is 483 g/mol. The van der Waals surface area contributed by atoms with Crippen LogP contribution in [0.5, 0.6) is 11.5 Å². The van der Waals surface area contributed by atoms with E-state index in [9.17, 15) is 14.0 Å². The maximum absolute atomic E-state index is 14.2. The number of methoxy groups -OCH3 is 1. The number of carbonyl (C=O) groups is 2. The highest BCUT2D eigenvalue weighted by molar-refractivity contribution is 5.88. The van der Waals surface area contributed by atoms with Crippen LogP contribution in [-0.4, -0.2) is 42.5 Å². The fourth-order valence-corrected chi connectivity index (χ4v) is 4.85. The van der Waals surface area contributed by atoms with Crippen molar-refractivity contribution in [3.63, 3.8) is 0 Å². The molecule has 0 aromatic heterocycles. The number of ether oxygens (including phenoxy) is 2. The molecule has 38 heavy (non-hydrogen) atoms. The summed E-state index contributed by atoms with van der Waals surface area (Å²) in [6.07, 6.45) is 5.55. The summed E-state index contributed by atoms with van der Waals surface area (Å²) in [5.74, 6) is -0.494. The number of nitrogens with one attached hydrogen (secondary N) is 1. The van der Waals surface area contributed by atoms with Gasteiger partial charge < -0.3 is 19.7 Å². The number of halogens is 1. The quantitative estimate of drug-likeness (QED) is 0.374. The third-order valence-corrected chi connectivity index (χ3v) is 6.90. The van der Waals surface area contributed by atoms with E-state index in [1.807, 2.05) is 54.6 Å². The summed E-state index contributed by atoms with van der Waals surface area (Å²) in [5, 5.41) is 3.21. The second-order valence-corrected chi connectivity index (χ2v) is 9.64. The van der Waals surface area contributed by atoms with Gasteiger partial charge in [0.2, 0.25) is 5.91 Å². The number of hydrogen-bond donors (Lipinski definition) is 1. The highest BCUT2D eigenvalue weighted by Crippen LogP contribution is 2.22. The topological polar surface area (TPSA) is 67.9 Å². The fraction of sp³-hybridized carbons (Fsp3) is 0.355. The summed E-state index contributed by atoms with van der Waals surface area (Å²) in [7, 11) is 1.58. The van der Waals surface area contributed by atoms with Crippen LogP contribution in [0.15, 0.2) is 78.9 Å². The van der Waals surface area contributed by atoms with Crippen LogP contribution in [0.2, 0.25) is 0 Å². The molecule has 6 nitrogen and oxygen atoms in total. The summed E-state index contributed by atoms with van der Waals surface area (Å²) in [6.45, 7) is -0.223. The van der Waals surface area contributed by atoms with Crippen LogP contribution in [0.4, 0.5) is 4.39 Å². The lowest BCUT2D eigenvalue weighted by atomic mass is 9.94. The SMILES string of the molecule is COc1cccc(CN(C(=O)COc2ccccc2F)[C@@H](Cc2ccccc2)C(=O)NC2CCCCC2)c1. The first-order chi connectivity index (χ1) is 18.5. The molecule has 1 saturated carbocycles. The van der Waals surface area contributed by atoms with E-state index in [0.717, 1.165) is 36.8 Å². The Kier molecular flexibility index (Phi) is 9.73. The van der Waals surface area contributed by atoms with Crippen LogP contribution >= 0.6 is 0 Å². The molecule has 1 aliphatic carbocycles. The monoisotopic (exact) mass is 518 g/mol. The van der Waals surface area contributed by atoms with Crippen molar-refractivity contribution < 1.29 is 23.5 Å². The average molecular weight is 519 g/mol. The number of nitrogens with zero attached hydrogens (tertiary/aromatic N) is 1. The maximum atomic E-state index is 14.2. The lowest BCUT2D eigenvalue weighted by molar-refractivity contribution is -0.143. The number of hydrogen-bond acceptors (Lipinski definition) is 4. The number of para-hydroxylation sites is 1. The van der Waals surface area contributed by atoms with Crippen molar-refractivity contribution in [1.29, 1.82) is 0 Å². The molecule has 3 aromatic carbocycles. The molecule has 0 aliphatic heterocycles. The van der Waals surface area contributed by atoms with Gasteiger partial charge in [-0.2, -0.15) is 0 Å². The number of rotatable bonds is 11. The van der Waals surface area contributed by atoms with Crippen LogP contribution in [0.1, 0.15) is 43.2 Å². The highest BCUT2D eigenvalue weighted by Gasteiger charge is 2.32. The number of carbonyl (C=O) groups excluding carboxylic acids is 2. The predicted molar refractivity (Wildman–Crippen MR) is 144 cm³/mol. The second kappa shape index (κ2) is 13.6. The van der Waals surface area contributed by atoms with Gasteiger partial charge >= 0.3 is 0 Å². The van der Waals surface area contributed by atoms with Crippen molar-refractivity contribution in [2.24, 2.45) is 0 Å². The second-order valence-electron chi connectivity index (χ2n) is 9.64. The lowest BCUT2D eigenvalue weighted by Gasteiger charge is -2.33. The summed E-state index contributed by atoms with van der Waals surface area (Å²) >= 11 is 0. The Bertz CT molecular complexity index is 1200. The van der Waals surface area contributed by atoms with E-state index in [2.05, 4.69) is 5.32 Å². The normalized spacial score (nSPS) is 14.4. The third-order valence-electron chi connectivity index (χ3n) is 6.90. The van der Waals surface area contributed by atoms with Gasteiger partial charge in [-0.25, -0.2) is 4.39 Å². The molecule has 1 N–H and O–H groups in total. The molecule has 0 unspecified atom stereocenters. The van der Waals surface area contributed by atoms with E-state index in [0.29, 0.717) is 12.2 Å². The molecule has 0 bridgehead atoms. The van der Waals surface area contributed by atoms with Crippen LogP contribution in [0.25, 0.3) is 0 Å². The average Bonchev–Trinajstić information content (AvgIpc) is 2.95. The van der Waals surface area contributed by atoms with Gasteiger partial charge in [0.1, 0.15) is 11.8 Å². The highest BCUT2D eigenvalue weighted by atomic mass is 19.1. The molecule has 1 atom stereocenters. The molecule has 1 aliphatic rings. The molecule has 0 saturated heterocycles. The molecule has 3 aromatic rings. The Balaban J connectivity index is 1.63. The lowest BCUT2D eigenvalue weighted by Crippen LogP contribution is -2.53. The van der Waals surface area contributed by atoms with Gasteiger partial charge in [0.15, 0.2) is 18.2 Å². The van der Waals surface area contributed by atoms with Gasteiger partial charge in [-0.1, -0.05) is 73.9 Å². The first-order valence-corrected chi connectivity index (χ1v) is 13.2. The third kappa shape index (κ3) is 7.57. The zero-order valence-corrected chi connectivity index (χ0v) is 21.8. The minimum atomic E-state index is -0.776. The molecule has 2 amide bonds. The first kappa shape index (κ1) is 27.2. The predicted octanol–water partition coefficient (Wildman–Crippen LogP) is 5.30. The minimum Gasteiger partial charge on any atom is -0.497 e. The number of benzene rings is 3. The molecule has 7 heteroatoms. The zero-order chi connectivity index (χ0) is 26.7. The summed E-state index contributed by atoms with van der Waals surface area (Å²) in [6, 6.07) is 22.3. The van der Waals surface area contributed by atoms with Crippen molar-refractivity contribution in [3.05, 3.63) is 95.8 Å². The first-order valence-electron chi connectivity index (χ1n) is 13.2. The molecule has 200 valence electrons. The van der Waals surface area contributed by atoms with Gasteiger partial charge in [0.25, 0.3) is 5.91 Å². The van der Waals surface area contributed by atoms with Gasteiger partial charge in [-0.3, -0.25) is 9.59 Å². The summed E-state index contributed by atoms with van der Waals surface area (Å²) in [5.41, 5.74) is 1.75. The maximum Gasteiger partial charge on any atom is 0.261 e. The number of amides is 2. The van der Waals surface area contributed by atoms with Crippen molar-refractivity contribution >= 4 is 11.8 Å². The summed E-state index contributed by atoms with van der Waals surface area (Å²) in [4.78, 5) is 29.0. The van der Waals surface area contributed by atoms with Crippen molar-refractivity contribution in [2.75, 3.05) is 13.7 Å². The molecule has 4 rings (SSSR count). The minimum absolute atomic E-state index is 0.00607. The van der Waals surface area contributed by atoms with Crippen LogP contribution < -0.4 is 14.8 Å². The Morgan fingerprint density at radius 2 is 1.66 bits per heavy atom. The van der Waals surface area contributed by atoms with Gasteiger partial charge in [-0.05, 0) is 48.2 Å². The fourth-order valence-electron chi connectivity index (χ4n) is 4.85. The Hall–Kier alpha value is -3.87. The van der Waals surface area contributed by atoms with E-state index < -0.39 is 24.4 Å². The standard InChI is InChI=1S/C31H35FN2O4/c1-37-26-16-10-13-24(19-26)21-34(30(35)22-38-29-18-9-8-17-27(29)32)28(20-23-11-4-2-5-12-23)31(36)33-25-14-6-3-7-15-25/h2,4-5,8-13,16-19,25,28H,3,6-7,14-15,20-22H2,1H3,(H,33,36)/t28-/m0/s1. The van der Waals surface area contributed by atoms with Crippen molar-refractivity contribution in [3.8, 4) is 11.5 Å². The molecule has 0 heterocycles. The largest absolute Gasteiger partial charge is 0.497 e. The van der Waals surface area contributed by atoms with Crippen molar-refractivity contribution in [2.45, 2.75) is 57.2 Å². The van der Waals surface area contributed by atoms with E-state index in [4.69, 9.17) is 9.47 Å². The van der Waals surface area contributed by atoms with E-state index in [-0.39, 0.29) is 24.2 Å². The van der Waals surface area contributed by atoms with Crippen LogP contribution in [0, 0.1) is 5.82 Å². The van der Waals surface area contributed by atoms with Crippen LogP contribution in [0.3, 0.4) is 0 Å². The van der Waals surface area contributed by atoms with Gasteiger partial charge in [-0.15, -0.1) is 0 Å². The Morgan fingerprint density at radius 3 is 2.39 bits per heavy atom. The molecular formula is C31H35FN2O4. The Morgan fingerprint density at radius 1 is 0.947 bits per heavy atom. The molecule has 0 radical (unpaired) electrons. The molecule has 1 fully saturated rings. The Labute approximate surface area is 223 Å². The van der Waals surface area contributed by atoms with Crippen LogP contribution in [-0.2, 0) is 22.6 Å². The smallest absolute Gasteiger partial charge is 0.261 e. The van der Waals surface area contributed by atoms with Gasteiger partial charge in [0, 0.05) is 19.0 Å². The van der Waals surface area contributed by atoms with E-state index in [1.54, 1.807) is 24.1 Å². The molecule has 0 spiro atoms. The van der Waals surface area contributed by atoms with E-state index in [1.165, 1.54) is 18.6 Å². The summed E-state index contributed by atoms with van der Waals surface area (Å²) < 4.78 is 25.1. The van der Waals surface area contributed by atoms with Crippen molar-refractivity contribution in [1.82, 2.24) is 10.2 Å².